The Kier molecular flexibility index (Phi) is 5.17. The highest BCUT2D eigenvalue weighted by Gasteiger charge is 2.22. The van der Waals surface area contributed by atoms with Gasteiger partial charge in [-0.2, -0.15) is 0 Å². The maximum atomic E-state index is 13.1. The van der Waals surface area contributed by atoms with Crippen LogP contribution in [0, 0.1) is 0 Å². The number of nitrogens with one attached hydrogen (secondary N) is 2. The number of benzene rings is 1. The number of rotatable bonds is 5. The zero-order valence-corrected chi connectivity index (χ0v) is 18.4. The molecule has 0 saturated carbocycles. The summed E-state index contributed by atoms with van der Waals surface area (Å²) in [7, 11) is 1.54. The van der Waals surface area contributed by atoms with Crippen molar-refractivity contribution in [2.45, 2.75) is 13.0 Å². The van der Waals surface area contributed by atoms with Crippen LogP contribution in [0.4, 0.5) is 5.82 Å². The molecule has 1 aromatic carbocycles. The van der Waals surface area contributed by atoms with Gasteiger partial charge in [0.15, 0.2) is 11.5 Å². The van der Waals surface area contributed by atoms with Crippen molar-refractivity contribution in [1.82, 2.24) is 29.9 Å². The Hall–Kier alpha value is -4.73. The molecule has 0 bridgehead atoms. The molecule has 1 amide bonds. The van der Waals surface area contributed by atoms with Gasteiger partial charge in [0.05, 0.1) is 18.5 Å². The number of anilines is 1. The van der Waals surface area contributed by atoms with Gasteiger partial charge in [0.2, 0.25) is 5.88 Å². The van der Waals surface area contributed by atoms with Crippen molar-refractivity contribution in [3.63, 3.8) is 0 Å². The Bertz CT molecular complexity index is 1610. The number of nitrogen functional groups attached to an aromatic ring is 1. The summed E-state index contributed by atoms with van der Waals surface area (Å²) in [5.74, 6) is 0.102. The molecule has 0 fully saturated rings. The van der Waals surface area contributed by atoms with E-state index >= 15 is 0 Å². The van der Waals surface area contributed by atoms with Crippen molar-refractivity contribution >= 4 is 28.1 Å². The summed E-state index contributed by atoms with van der Waals surface area (Å²) in [5.41, 5.74) is 8.35. The zero-order chi connectivity index (χ0) is 23.8. The molecule has 10 nitrogen and oxygen atoms in total. The number of H-pyrrole nitrogens is 1. The Labute approximate surface area is 193 Å². The number of aromatic amines is 1. The summed E-state index contributed by atoms with van der Waals surface area (Å²) in [4.78, 5) is 37.3. The van der Waals surface area contributed by atoms with Gasteiger partial charge in [-0.05, 0) is 41.6 Å². The average molecular weight is 455 g/mol. The number of fused-ring (bicyclic) bond motifs is 2. The molecule has 4 N–H and O–H groups in total. The van der Waals surface area contributed by atoms with Gasteiger partial charge >= 0.3 is 0 Å². The van der Waals surface area contributed by atoms with Crippen LogP contribution in [0.2, 0.25) is 0 Å². The lowest BCUT2D eigenvalue weighted by molar-refractivity contribution is 0.0941. The highest BCUT2D eigenvalue weighted by molar-refractivity contribution is 6.04. The number of ether oxygens (including phenoxy) is 1. The van der Waals surface area contributed by atoms with Gasteiger partial charge in [-0.15, -0.1) is 5.10 Å². The molecule has 170 valence electrons. The fraction of sp³-hybridized carbons (Fsp3) is 0.125. The van der Waals surface area contributed by atoms with Crippen molar-refractivity contribution in [2.24, 2.45) is 0 Å². The smallest absolute Gasteiger partial charge is 0.259 e. The third-order valence-corrected chi connectivity index (χ3v) is 5.61. The van der Waals surface area contributed by atoms with Crippen LogP contribution in [-0.4, -0.2) is 37.6 Å². The molecular weight excluding hydrogens is 434 g/mol. The van der Waals surface area contributed by atoms with Gasteiger partial charge in [-0.25, -0.2) is 14.5 Å². The minimum atomic E-state index is -0.507. The number of hydrogen-bond acceptors (Lipinski definition) is 7. The van der Waals surface area contributed by atoms with Crippen molar-refractivity contribution in [2.75, 3.05) is 12.8 Å². The number of pyridine rings is 2. The Morgan fingerprint density at radius 1 is 1.18 bits per heavy atom. The Morgan fingerprint density at radius 2 is 2.03 bits per heavy atom. The molecular formula is C24H21N7O3. The van der Waals surface area contributed by atoms with E-state index < -0.39 is 11.9 Å². The first kappa shape index (κ1) is 21.1. The second-order valence-corrected chi connectivity index (χ2v) is 7.75. The summed E-state index contributed by atoms with van der Waals surface area (Å²) in [6.45, 7) is 1.78. The molecule has 5 rings (SSSR count). The fourth-order valence-electron chi connectivity index (χ4n) is 3.97. The number of methoxy groups -OCH3 is 1. The lowest BCUT2D eigenvalue weighted by Crippen LogP contribution is -2.29. The predicted octanol–water partition coefficient (Wildman–Crippen LogP) is 2.71. The molecule has 1 atom stereocenters. The van der Waals surface area contributed by atoms with Gasteiger partial charge < -0.3 is 20.8 Å². The minimum Gasteiger partial charge on any atom is -0.481 e. The zero-order valence-electron chi connectivity index (χ0n) is 18.4. The molecule has 5 aromatic rings. The van der Waals surface area contributed by atoms with Crippen LogP contribution < -0.4 is 21.3 Å². The van der Waals surface area contributed by atoms with Crippen LogP contribution in [0.5, 0.6) is 5.88 Å². The van der Waals surface area contributed by atoms with Gasteiger partial charge in [-0.3, -0.25) is 9.59 Å². The Morgan fingerprint density at radius 3 is 2.85 bits per heavy atom. The van der Waals surface area contributed by atoms with Crippen LogP contribution in [0.15, 0.2) is 65.8 Å². The number of carbonyl (C=O) groups excluding carboxylic acids is 1. The second kappa shape index (κ2) is 8.32. The molecule has 10 heteroatoms. The van der Waals surface area contributed by atoms with Crippen LogP contribution in [0.3, 0.4) is 0 Å². The van der Waals surface area contributed by atoms with E-state index in [1.807, 2.05) is 30.3 Å². The second-order valence-electron chi connectivity index (χ2n) is 7.75. The lowest BCUT2D eigenvalue weighted by atomic mass is 9.99. The van der Waals surface area contributed by atoms with Gasteiger partial charge in [0.1, 0.15) is 5.56 Å². The van der Waals surface area contributed by atoms with Crippen LogP contribution >= 0.6 is 0 Å². The van der Waals surface area contributed by atoms with Crippen molar-refractivity contribution < 1.29 is 9.53 Å². The molecule has 0 aliphatic heterocycles. The predicted molar refractivity (Wildman–Crippen MR) is 128 cm³/mol. The van der Waals surface area contributed by atoms with Crippen LogP contribution in [0.25, 0.3) is 27.5 Å². The third-order valence-electron chi connectivity index (χ3n) is 5.61. The number of nitrogens with zero attached hydrogens (tertiary/aromatic N) is 4. The molecule has 0 saturated heterocycles. The van der Waals surface area contributed by atoms with Gasteiger partial charge in [-0.1, -0.05) is 18.2 Å². The van der Waals surface area contributed by atoms with E-state index in [0.717, 1.165) is 16.5 Å². The summed E-state index contributed by atoms with van der Waals surface area (Å²) < 4.78 is 6.66. The maximum Gasteiger partial charge on any atom is 0.259 e. The van der Waals surface area contributed by atoms with Crippen LogP contribution in [0.1, 0.15) is 29.0 Å². The van der Waals surface area contributed by atoms with E-state index in [0.29, 0.717) is 22.6 Å². The van der Waals surface area contributed by atoms with Gasteiger partial charge in [0, 0.05) is 30.4 Å². The van der Waals surface area contributed by atoms with Gasteiger partial charge in [0.25, 0.3) is 11.5 Å². The van der Waals surface area contributed by atoms with Crippen molar-refractivity contribution in [3.8, 4) is 17.0 Å². The quantitative estimate of drug-likeness (QED) is 0.370. The Balaban J connectivity index is 1.50. The number of aromatic nitrogens is 5. The first-order valence-corrected chi connectivity index (χ1v) is 10.5. The van der Waals surface area contributed by atoms with E-state index in [4.69, 9.17) is 10.5 Å². The van der Waals surface area contributed by atoms with E-state index in [1.165, 1.54) is 4.52 Å². The summed E-state index contributed by atoms with van der Waals surface area (Å²) in [6, 6.07) is 12.2. The maximum absolute atomic E-state index is 13.1. The molecule has 0 unspecified atom stereocenters. The molecule has 0 spiro atoms. The molecule has 4 heterocycles. The van der Waals surface area contributed by atoms with Crippen molar-refractivity contribution in [3.05, 3.63) is 82.7 Å². The molecule has 0 aliphatic carbocycles. The number of nitrogens with two attached hydrogens (primary N) is 1. The standard InChI is InChI=1S/C24H21N7O3/c1-13(28-24(33)20-21(25)30-31-10-4-8-27-22(20)31)17-11-15-5-3-6-16(19(15)23(32)29-17)14-7-9-26-18(12-14)34-2/h3-13H,1-2H3,(H2,25,30)(H,28,33)(H,29,32)/t13-/m0/s1. The normalized spacial score (nSPS) is 12.1. The van der Waals surface area contributed by atoms with Crippen molar-refractivity contribution in [1.29, 1.82) is 0 Å². The fourth-order valence-corrected chi connectivity index (χ4v) is 3.97. The summed E-state index contributed by atoms with van der Waals surface area (Å²) >= 11 is 0. The monoisotopic (exact) mass is 455 g/mol. The first-order chi connectivity index (χ1) is 16.5. The number of hydrogen-bond donors (Lipinski definition) is 3. The van der Waals surface area contributed by atoms with E-state index in [-0.39, 0.29) is 16.9 Å². The van der Waals surface area contributed by atoms with E-state index in [1.54, 1.807) is 44.8 Å². The first-order valence-electron chi connectivity index (χ1n) is 10.5. The number of amides is 1. The molecule has 4 aromatic heterocycles. The average Bonchev–Trinajstić information content (AvgIpc) is 3.19. The lowest BCUT2D eigenvalue weighted by Gasteiger charge is -2.15. The highest BCUT2D eigenvalue weighted by atomic mass is 16.5. The van der Waals surface area contributed by atoms with Crippen LogP contribution in [-0.2, 0) is 0 Å². The molecule has 0 aliphatic rings. The number of carbonyl (C=O) groups is 1. The third kappa shape index (κ3) is 3.60. The molecule has 34 heavy (non-hydrogen) atoms. The highest BCUT2D eigenvalue weighted by Crippen LogP contribution is 2.29. The summed E-state index contributed by atoms with van der Waals surface area (Å²) in [6.07, 6.45) is 4.86. The van der Waals surface area contributed by atoms with E-state index in [9.17, 15) is 9.59 Å². The summed E-state index contributed by atoms with van der Waals surface area (Å²) in [5, 5.41) is 8.27. The topological polar surface area (TPSA) is 140 Å². The SMILES string of the molecule is COc1cc(-c2cccc3cc([C@H](C)NC(=O)c4c(N)nn5cccnc45)[nH]c(=O)c23)ccn1. The minimum absolute atomic E-state index is 0.0767. The largest absolute Gasteiger partial charge is 0.481 e. The molecule has 0 radical (unpaired) electrons. The van der Waals surface area contributed by atoms with E-state index in [2.05, 4.69) is 25.4 Å².